The number of benzene rings is 2. The zero-order valence-electron chi connectivity index (χ0n) is 16.8. The Kier molecular flexibility index (Phi) is 6.35. The van der Waals surface area contributed by atoms with E-state index in [0.717, 1.165) is 17.7 Å². The fourth-order valence-electron chi connectivity index (χ4n) is 3.56. The molecular formula is C22H26ClNO4. The van der Waals surface area contributed by atoms with Crippen molar-refractivity contribution in [3.8, 4) is 17.2 Å². The maximum atomic E-state index is 13.4. The molecule has 1 aliphatic rings. The molecule has 0 aromatic heterocycles. The molecule has 1 atom stereocenters. The monoisotopic (exact) mass is 403 g/mol. The van der Waals surface area contributed by atoms with Crippen LogP contribution in [0.2, 0.25) is 5.02 Å². The van der Waals surface area contributed by atoms with Crippen LogP contribution in [0, 0.1) is 0 Å². The number of amides is 1. The summed E-state index contributed by atoms with van der Waals surface area (Å²) in [5.74, 6) is 1.44. The van der Waals surface area contributed by atoms with Crippen LogP contribution in [0.4, 0.5) is 5.69 Å². The van der Waals surface area contributed by atoms with Gasteiger partial charge in [-0.1, -0.05) is 17.7 Å². The van der Waals surface area contributed by atoms with E-state index in [1.165, 1.54) is 0 Å². The Morgan fingerprint density at radius 3 is 2.25 bits per heavy atom. The second-order valence-electron chi connectivity index (χ2n) is 6.57. The molecule has 5 nitrogen and oxygen atoms in total. The summed E-state index contributed by atoms with van der Waals surface area (Å²) in [4.78, 5) is 15.2. The fraction of sp³-hybridized carbons (Fsp3) is 0.409. The van der Waals surface area contributed by atoms with Crippen LogP contribution in [0.1, 0.15) is 43.6 Å². The standard InChI is InChI=1S/C22H26ClNO4/c1-5-26-19-12-15(13-20(27-6-2)21(19)28-7-3)22(25)24-14(4)11-16-17(23)9-8-10-18(16)24/h8-10,12-14H,5-7,11H2,1-4H3. The maximum absolute atomic E-state index is 13.4. The quantitative estimate of drug-likeness (QED) is 0.643. The van der Waals surface area contributed by atoms with Crippen LogP contribution in [0.25, 0.3) is 0 Å². The first-order chi connectivity index (χ1) is 13.5. The number of ether oxygens (including phenoxy) is 3. The Morgan fingerprint density at radius 1 is 1.07 bits per heavy atom. The minimum Gasteiger partial charge on any atom is -0.490 e. The molecular weight excluding hydrogens is 378 g/mol. The molecule has 0 spiro atoms. The largest absolute Gasteiger partial charge is 0.490 e. The van der Waals surface area contributed by atoms with Gasteiger partial charge in [0.25, 0.3) is 5.91 Å². The van der Waals surface area contributed by atoms with Crippen molar-refractivity contribution < 1.29 is 19.0 Å². The maximum Gasteiger partial charge on any atom is 0.258 e. The van der Waals surface area contributed by atoms with Gasteiger partial charge in [0.15, 0.2) is 11.5 Å². The number of carbonyl (C=O) groups is 1. The van der Waals surface area contributed by atoms with E-state index in [2.05, 4.69) is 0 Å². The highest BCUT2D eigenvalue weighted by atomic mass is 35.5. The number of carbonyl (C=O) groups excluding carboxylic acids is 1. The van der Waals surface area contributed by atoms with Crippen molar-refractivity contribution in [3.05, 3.63) is 46.5 Å². The third-order valence-corrected chi connectivity index (χ3v) is 5.02. The van der Waals surface area contributed by atoms with Gasteiger partial charge in [-0.05, 0) is 63.9 Å². The van der Waals surface area contributed by atoms with Crippen LogP contribution in [0.5, 0.6) is 17.2 Å². The Balaban J connectivity index is 2.06. The van der Waals surface area contributed by atoms with Crippen molar-refractivity contribution >= 4 is 23.2 Å². The summed E-state index contributed by atoms with van der Waals surface area (Å²) < 4.78 is 17.2. The number of hydrogen-bond acceptors (Lipinski definition) is 4. The molecule has 3 rings (SSSR count). The Hall–Kier alpha value is -2.40. The van der Waals surface area contributed by atoms with Gasteiger partial charge in [0.2, 0.25) is 5.75 Å². The van der Waals surface area contributed by atoms with Crippen LogP contribution in [0.15, 0.2) is 30.3 Å². The van der Waals surface area contributed by atoms with E-state index >= 15 is 0 Å². The lowest BCUT2D eigenvalue weighted by atomic mass is 10.1. The summed E-state index contributed by atoms with van der Waals surface area (Å²) in [6.45, 7) is 9.11. The Morgan fingerprint density at radius 2 is 1.68 bits per heavy atom. The van der Waals surface area contributed by atoms with E-state index in [4.69, 9.17) is 25.8 Å². The molecule has 2 aromatic carbocycles. The van der Waals surface area contributed by atoms with Crippen LogP contribution < -0.4 is 19.1 Å². The minimum atomic E-state index is -0.113. The molecule has 0 saturated heterocycles. The van der Waals surface area contributed by atoms with Crippen molar-refractivity contribution in [2.24, 2.45) is 0 Å². The van der Waals surface area contributed by atoms with Gasteiger partial charge >= 0.3 is 0 Å². The Labute approximate surface area is 171 Å². The molecule has 0 radical (unpaired) electrons. The lowest BCUT2D eigenvalue weighted by Crippen LogP contribution is -2.35. The van der Waals surface area contributed by atoms with Gasteiger partial charge in [-0.15, -0.1) is 0 Å². The summed E-state index contributed by atoms with van der Waals surface area (Å²) >= 11 is 6.34. The number of nitrogens with zero attached hydrogens (tertiary/aromatic N) is 1. The van der Waals surface area contributed by atoms with Gasteiger partial charge in [0, 0.05) is 22.3 Å². The lowest BCUT2D eigenvalue weighted by Gasteiger charge is -2.24. The predicted octanol–water partition coefficient (Wildman–Crippen LogP) is 5.13. The number of halogens is 1. The highest BCUT2D eigenvalue weighted by Gasteiger charge is 2.33. The van der Waals surface area contributed by atoms with E-state index in [1.54, 1.807) is 17.0 Å². The Bertz CT molecular complexity index is 841. The normalized spacial score (nSPS) is 15.3. The molecule has 1 heterocycles. The number of hydrogen-bond donors (Lipinski definition) is 0. The molecule has 28 heavy (non-hydrogen) atoms. The molecule has 0 saturated carbocycles. The fourth-order valence-corrected chi connectivity index (χ4v) is 3.81. The summed E-state index contributed by atoms with van der Waals surface area (Å²) in [5, 5.41) is 0.691. The molecule has 0 bridgehead atoms. The molecule has 6 heteroatoms. The van der Waals surface area contributed by atoms with Crippen molar-refractivity contribution in [1.29, 1.82) is 0 Å². The molecule has 0 N–H and O–H groups in total. The van der Waals surface area contributed by atoms with E-state index in [9.17, 15) is 4.79 Å². The van der Waals surface area contributed by atoms with Crippen molar-refractivity contribution in [3.63, 3.8) is 0 Å². The molecule has 2 aromatic rings. The van der Waals surface area contributed by atoms with E-state index in [1.807, 2.05) is 45.9 Å². The van der Waals surface area contributed by atoms with Crippen LogP contribution in [-0.2, 0) is 6.42 Å². The topological polar surface area (TPSA) is 48.0 Å². The van der Waals surface area contributed by atoms with E-state index in [-0.39, 0.29) is 11.9 Å². The van der Waals surface area contributed by atoms with Gasteiger partial charge < -0.3 is 19.1 Å². The van der Waals surface area contributed by atoms with Crippen molar-refractivity contribution in [1.82, 2.24) is 0 Å². The second-order valence-corrected chi connectivity index (χ2v) is 6.97. The summed E-state index contributed by atoms with van der Waals surface area (Å²) in [6.07, 6.45) is 0.731. The molecule has 1 aliphatic heterocycles. The van der Waals surface area contributed by atoms with Crippen LogP contribution in [0.3, 0.4) is 0 Å². The molecule has 150 valence electrons. The zero-order chi connectivity index (χ0) is 20.3. The van der Waals surface area contributed by atoms with E-state index in [0.29, 0.717) is 47.7 Å². The number of rotatable bonds is 7. The van der Waals surface area contributed by atoms with Gasteiger partial charge in [0.05, 0.1) is 19.8 Å². The van der Waals surface area contributed by atoms with Crippen LogP contribution >= 0.6 is 11.6 Å². The molecule has 1 unspecified atom stereocenters. The average molecular weight is 404 g/mol. The van der Waals surface area contributed by atoms with Gasteiger partial charge in [-0.2, -0.15) is 0 Å². The second kappa shape index (κ2) is 8.74. The lowest BCUT2D eigenvalue weighted by molar-refractivity contribution is 0.0980. The van der Waals surface area contributed by atoms with Gasteiger partial charge in [-0.25, -0.2) is 0 Å². The van der Waals surface area contributed by atoms with Gasteiger partial charge in [0.1, 0.15) is 0 Å². The third kappa shape index (κ3) is 3.76. The summed E-state index contributed by atoms with van der Waals surface area (Å²) in [5.41, 5.74) is 2.36. The molecule has 0 aliphatic carbocycles. The summed E-state index contributed by atoms with van der Waals surface area (Å²) in [6, 6.07) is 9.14. The first-order valence-corrected chi connectivity index (χ1v) is 10.1. The number of anilines is 1. The van der Waals surface area contributed by atoms with Gasteiger partial charge in [-0.3, -0.25) is 4.79 Å². The van der Waals surface area contributed by atoms with E-state index < -0.39 is 0 Å². The molecule has 0 fully saturated rings. The predicted molar refractivity (Wildman–Crippen MR) is 111 cm³/mol. The smallest absolute Gasteiger partial charge is 0.258 e. The van der Waals surface area contributed by atoms with Crippen LogP contribution in [-0.4, -0.2) is 31.8 Å². The highest BCUT2D eigenvalue weighted by molar-refractivity contribution is 6.32. The van der Waals surface area contributed by atoms with Crippen molar-refractivity contribution in [2.45, 2.75) is 40.2 Å². The summed E-state index contributed by atoms with van der Waals surface area (Å²) in [7, 11) is 0. The zero-order valence-corrected chi connectivity index (χ0v) is 17.5. The minimum absolute atomic E-state index is 0.0139. The first kappa shape index (κ1) is 20.3. The molecule has 1 amide bonds. The first-order valence-electron chi connectivity index (χ1n) is 9.69. The third-order valence-electron chi connectivity index (χ3n) is 4.67. The number of fused-ring (bicyclic) bond motifs is 1. The highest BCUT2D eigenvalue weighted by Crippen LogP contribution is 2.42. The van der Waals surface area contributed by atoms with Crippen molar-refractivity contribution in [2.75, 3.05) is 24.7 Å². The average Bonchev–Trinajstić information content (AvgIpc) is 3.01. The SMILES string of the molecule is CCOc1cc(C(=O)N2c3cccc(Cl)c3CC2C)cc(OCC)c1OCC.